The molecule has 0 aliphatic heterocycles. The van der Waals surface area contributed by atoms with Crippen LogP contribution in [0.2, 0.25) is 0 Å². The lowest BCUT2D eigenvalue weighted by atomic mass is 9.87. The van der Waals surface area contributed by atoms with E-state index in [2.05, 4.69) is 6.58 Å². The second kappa shape index (κ2) is 10.8. The van der Waals surface area contributed by atoms with E-state index in [9.17, 15) is 74.6 Å². The van der Waals surface area contributed by atoms with Gasteiger partial charge in [-0.05, 0) is 44.4 Å². The highest BCUT2D eigenvalue weighted by molar-refractivity contribution is 5.57. The van der Waals surface area contributed by atoms with E-state index in [-0.39, 0.29) is 23.0 Å². The fourth-order valence-electron chi connectivity index (χ4n) is 3.14. The highest BCUT2D eigenvalue weighted by Crippen LogP contribution is 2.64. The van der Waals surface area contributed by atoms with Crippen LogP contribution in [-0.4, -0.2) is 53.7 Å². The molecule has 0 aromatic heterocycles. The van der Waals surface area contributed by atoms with Crippen LogP contribution in [0.4, 0.5) is 74.6 Å². The van der Waals surface area contributed by atoms with Crippen molar-refractivity contribution in [3.05, 3.63) is 35.9 Å². The molecule has 0 bridgehead atoms. The van der Waals surface area contributed by atoms with E-state index >= 15 is 0 Å². The Bertz CT molecular complexity index is 1040. The highest BCUT2D eigenvalue weighted by atomic mass is 19.4. The van der Waals surface area contributed by atoms with Crippen LogP contribution in [0.25, 0.3) is 6.08 Å². The van der Waals surface area contributed by atoms with Gasteiger partial charge >= 0.3 is 47.6 Å². The number of rotatable bonds is 13. The summed E-state index contributed by atoms with van der Waals surface area (Å²) in [6.45, 7) is 6.68. The molecule has 0 spiro atoms. The van der Waals surface area contributed by atoms with E-state index < -0.39 is 66.9 Å². The summed E-state index contributed by atoms with van der Waals surface area (Å²) in [6, 6.07) is 3.67. The van der Waals surface area contributed by atoms with Crippen molar-refractivity contribution in [2.45, 2.75) is 86.8 Å². The molecule has 40 heavy (non-hydrogen) atoms. The smallest absolute Gasteiger partial charge is 0.460 e. The van der Waals surface area contributed by atoms with Gasteiger partial charge in [-0.25, -0.2) is 0 Å². The largest absolute Gasteiger partial charge is 0.490 e. The first-order chi connectivity index (χ1) is 17.6. The fraction of sp³-hybridized carbons (Fsp3) is 0.636. The summed E-state index contributed by atoms with van der Waals surface area (Å²) in [4.78, 5) is 0. The van der Waals surface area contributed by atoms with Crippen molar-refractivity contribution < 1.29 is 79.4 Å². The molecule has 1 rings (SSSR count). The maximum atomic E-state index is 14.0. The van der Waals surface area contributed by atoms with E-state index in [0.717, 1.165) is 0 Å². The molecule has 232 valence electrons. The minimum atomic E-state index is -8.62. The molecule has 0 atom stereocenters. The number of hydrogen-bond acceptors (Lipinski definition) is 1. The lowest BCUT2D eigenvalue weighted by molar-refractivity contribution is -0.461. The molecule has 0 heterocycles. The van der Waals surface area contributed by atoms with Gasteiger partial charge in [0, 0.05) is 12.0 Å². The minimum Gasteiger partial charge on any atom is -0.490 e. The topological polar surface area (TPSA) is 9.23 Å². The lowest BCUT2D eigenvalue weighted by Gasteiger charge is -2.42. The van der Waals surface area contributed by atoms with E-state index in [0.29, 0.717) is 0 Å². The van der Waals surface area contributed by atoms with Crippen molar-refractivity contribution in [3.63, 3.8) is 0 Å². The van der Waals surface area contributed by atoms with Gasteiger partial charge in [-0.1, -0.05) is 18.7 Å². The van der Waals surface area contributed by atoms with Crippen LogP contribution in [0.3, 0.4) is 0 Å². The van der Waals surface area contributed by atoms with Crippen LogP contribution in [0, 0.1) is 0 Å². The van der Waals surface area contributed by atoms with Gasteiger partial charge < -0.3 is 4.74 Å². The molecule has 0 saturated carbocycles. The molecule has 1 aromatic carbocycles. The van der Waals surface area contributed by atoms with Crippen molar-refractivity contribution in [2.24, 2.45) is 0 Å². The lowest BCUT2D eigenvalue weighted by Crippen LogP contribution is -2.74. The standard InChI is InChI=1S/C22H19F17O/c1-4-13-10-12(7-8-14(13)40-11(2)3)6-5-9-15(23,24)16(25,26)17(27,28)18(29,30)19(31,32)20(33,34)21(35,36)22(37,38)39/h4,7-8,10-11H,1,5-6,9H2,2-3H3. The summed E-state index contributed by atoms with van der Waals surface area (Å²) in [5.41, 5.74) is 0.288. The summed E-state index contributed by atoms with van der Waals surface area (Å²) < 4.78 is 232. The van der Waals surface area contributed by atoms with Gasteiger partial charge in [-0.3, -0.25) is 0 Å². The first-order valence-corrected chi connectivity index (χ1v) is 10.7. The molecule has 18 heteroatoms. The quantitative estimate of drug-likeness (QED) is 0.199. The fourth-order valence-corrected chi connectivity index (χ4v) is 3.14. The van der Waals surface area contributed by atoms with E-state index in [4.69, 9.17) is 4.74 Å². The normalized spacial score (nSPS) is 15.0. The number of aryl methyl sites for hydroxylation is 1. The summed E-state index contributed by atoms with van der Waals surface area (Å²) in [6.07, 6.45) is -11.3. The summed E-state index contributed by atoms with van der Waals surface area (Å²) in [5, 5.41) is 0. The zero-order valence-electron chi connectivity index (χ0n) is 20.0. The van der Waals surface area contributed by atoms with E-state index in [1.165, 1.54) is 24.3 Å². The first-order valence-electron chi connectivity index (χ1n) is 10.7. The van der Waals surface area contributed by atoms with Gasteiger partial charge in [-0.2, -0.15) is 74.6 Å². The molecular weight excluding hydrogens is 603 g/mol. The second-order valence-corrected chi connectivity index (χ2v) is 8.75. The molecular formula is C22H19F17O. The SMILES string of the molecule is C=Cc1cc(CCCC(F)(F)C(F)(F)C(F)(F)C(F)(F)C(F)(F)C(F)(F)C(F)(F)C(F)(F)F)ccc1OC(C)C. The Morgan fingerprint density at radius 3 is 1.50 bits per heavy atom. The average molecular weight is 622 g/mol. The van der Waals surface area contributed by atoms with Gasteiger partial charge in [-0.15, -0.1) is 0 Å². The van der Waals surface area contributed by atoms with Crippen LogP contribution in [0.1, 0.15) is 37.8 Å². The highest BCUT2D eigenvalue weighted by Gasteiger charge is 2.95. The van der Waals surface area contributed by atoms with E-state index in [1.54, 1.807) is 13.8 Å². The zero-order valence-corrected chi connectivity index (χ0v) is 20.0. The third-order valence-electron chi connectivity index (χ3n) is 5.40. The first kappa shape index (κ1) is 35.6. The van der Waals surface area contributed by atoms with Gasteiger partial charge in [0.15, 0.2) is 0 Å². The maximum absolute atomic E-state index is 14.0. The summed E-state index contributed by atoms with van der Waals surface area (Å²) in [5.74, 6) is -56.0. The Balaban J connectivity index is 3.30. The molecule has 0 N–H and O–H groups in total. The Morgan fingerprint density at radius 2 is 1.10 bits per heavy atom. The minimum absolute atomic E-state index is 0.0442. The molecule has 0 aliphatic rings. The number of benzene rings is 1. The third kappa shape index (κ3) is 5.67. The molecule has 0 saturated heterocycles. The molecule has 1 aromatic rings. The molecule has 1 nitrogen and oxygen atoms in total. The number of hydrogen-bond donors (Lipinski definition) is 0. The van der Waals surface area contributed by atoms with E-state index in [1.807, 2.05) is 0 Å². The Kier molecular flexibility index (Phi) is 9.58. The second-order valence-electron chi connectivity index (χ2n) is 8.75. The van der Waals surface area contributed by atoms with Crippen LogP contribution >= 0.6 is 0 Å². The Hall–Kier alpha value is -2.43. The van der Waals surface area contributed by atoms with Crippen molar-refractivity contribution in [1.82, 2.24) is 0 Å². The van der Waals surface area contributed by atoms with Crippen LogP contribution in [0.5, 0.6) is 5.75 Å². The number of alkyl halides is 17. The molecule has 0 radical (unpaired) electrons. The van der Waals surface area contributed by atoms with Crippen molar-refractivity contribution >= 4 is 6.08 Å². The van der Waals surface area contributed by atoms with Crippen molar-refractivity contribution in [1.29, 1.82) is 0 Å². The molecule has 0 unspecified atom stereocenters. The third-order valence-corrected chi connectivity index (χ3v) is 5.40. The van der Waals surface area contributed by atoms with Gasteiger partial charge in [0.2, 0.25) is 0 Å². The number of halogens is 17. The molecule has 0 aliphatic carbocycles. The molecule has 0 amide bonds. The average Bonchev–Trinajstić information content (AvgIpc) is 2.77. The molecule has 0 fully saturated rings. The predicted molar refractivity (Wildman–Crippen MR) is 106 cm³/mol. The summed E-state index contributed by atoms with van der Waals surface area (Å²) >= 11 is 0. The van der Waals surface area contributed by atoms with Gasteiger partial charge in [0.1, 0.15) is 5.75 Å². The zero-order chi connectivity index (χ0) is 32.0. The monoisotopic (exact) mass is 622 g/mol. The predicted octanol–water partition coefficient (Wildman–Crippen LogP) is 9.45. The van der Waals surface area contributed by atoms with Crippen LogP contribution in [-0.2, 0) is 6.42 Å². The van der Waals surface area contributed by atoms with Crippen LogP contribution < -0.4 is 4.74 Å². The van der Waals surface area contributed by atoms with Crippen molar-refractivity contribution in [2.75, 3.05) is 0 Å². The van der Waals surface area contributed by atoms with Gasteiger partial charge in [0.25, 0.3) is 0 Å². The Morgan fingerprint density at radius 1 is 0.675 bits per heavy atom. The van der Waals surface area contributed by atoms with Crippen molar-refractivity contribution in [3.8, 4) is 5.75 Å². The Labute approximate surface area is 215 Å². The maximum Gasteiger partial charge on any atom is 0.460 e. The summed E-state index contributed by atoms with van der Waals surface area (Å²) in [7, 11) is 0. The van der Waals surface area contributed by atoms with Gasteiger partial charge in [0.05, 0.1) is 6.10 Å². The number of ether oxygens (including phenoxy) is 1. The van der Waals surface area contributed by atoms with Crippen LogP contribution in [0.15, 0.2) is 24.8 Å².